The highest BCUT2D eigenvalue weighted by Crippen LogP contribution is 2.32. The van der Waals surface area contributed by atoms with E-state index in [0.717, 1.165) is 49.8 Å². The molecular formula is C27H33N5O5. The van der Waals surface area contributed by atoms with Gasteiger partial charge in [0, 0.05) is 51.5 Å². The van der Waals surface area contributed by atoms with Crippen LogP contribution in [0.3, 0.4) is 0 Å². The van der Waals surface area contributed by atoms with Crippen LogP contribution in [0.1, 0.15) is 17.5 Å². The molecule has 2 N–H and O–H groups in total. The number of hydrogen-bond acceptors (Lipinski definition) is 7. The number of aryl methyl sites for hydroxylation is 1. The third-order valence-electron chi connectivity index (χ3n) is 7.00. The van der Waals surface area contributed by atoms with Gasteiger partial charge in [0.2, 0.25) is 24.5 Å². The van der Waals surface area contributed by atoms with Crippen molar-refractivity contribution in [3.05, 3.63) is 53.6 Å². The number of carbonyl (C=O) groups excluding carboxylic acids is 3. The molecule has 2 saturated heterocycles. The number of carbonyl (C=O) groups is 3. The molecular weight excluding hydrogens is 474 g/mol. The SMILES string of the molecule is Cc1cccc(NC(=O)CC2C(=O)NCCN2C(=O)CN2CCN(Cc3ccc4c(c3)OCO4)CC2)c1. The van der Waals surface area contributed by atoms with Crippen molar-refractivity contribution in [3.8, 4) is 11.5 Å². The molecule has 2 fully saturated rings. The molecule has 2 aromatic rings. The van der Waals surface area contributed by atoms with Gasteiger partial charge in [-0.05, 0) is 42.3 Å². The van der Waals surface area contributed by atoms with E-state index in [1.54, 1.807) is 11.0 Å². The number of rotatable bonds is 7. The van der Waals surface area contributed by atoms with Crippen molar-refractivity contribution in [1.29, 1.82) is 0 Å². The molecule has 10 nitrogen and oxygen atoms in total. The molecule has 3 heterocycles. The molecule has 5 rings (SSSR count). The van der Waals surface area contributed by atoms with Gasteiger partial charge in [-0.15, -0.1) is 0 Å². The van der Waals surface area contributed by atoms with Crippen molar-refractivity contribution >= 4 is 23.4 Å². The van der Waals surface area contributed by atoms with Crippen LogP contribution in [0.4, 0.5) is 5.69 Å². The Morgan fingerprint density at radius 3 is 2.59 bits per heavy atom. The molecule has 0 radical (unpaired) electrons. The molecule has 0 bridgehead atoms. The van der Waals surface area contributed by atoms with Gasteiger partial charge < -0.3 is 25.0 Å². The van der Waals surface area contributed by atoms with E-state index in [9.17, 15) is 14.4 Å². The zero-order chi connectivity index (χ0) is 25.8. The van der Waals surface area contributed by atoms with E-state index in [4.69, 9.17) is 9.47 Å². The topological polar surface area (TPSA) is 103 Å². The molecule has 0 aliphatic carbocycles. The van der Waals surface area contributed by atoms with Gasteiger partial charge in [-0.1, -0.05) is 18.2 Å². The lowest BCUT2D eigenvalue weighted by atomic mass is 10.1. The van der Waals surface area contributed by atoms with Gasteiger partial charge in [-0.25, -0.2) is 0 Å². The Hall–Kier alpha value is -3.63. The first-order valence-corrected chi connectivity index (χ1v) is 12.7. The van der Waals surface area contributed by atoms with Crippen LogP contribution in [0.2, 0.25) is 0 Å². The highest BCUT2D eigenvalue weighted by atomic mass is 16.7. The minimum atomic E-state index is -0.807. The lowest BCUT2D eigenvalue weighted by molar-refractivity contribution is -0.145. The van der Waals surface area contributed by atoms with Crippen molar-refractivity contribution in [1.82, 2.24) is 20.0 Å². The molecule has 3 amide bonds. The fourth-order valence-electron chi connectivity index (χ4n) is 5.01. The summed E-state index contributed by atoms with van der Waals surface area (Å²) in [6.07, 6.45) is -0.0746. The molecule has 3 aliphatic rings. The summed E-state index contributed by atoms with van der Waals surface area (Å²) >= 11 is 0. The van der Waals surface area contributed by atoms with Crippen molar-refractivity contribution in [2.24, 2.45) is 0 Å². The summed E-state index contributed by atoms with van der Waals surface area (Å²) in [5, 5.41) is 5.64. The Labute approximate surface area is 216 Å². The first-order chi connectivity index (χ1) is 17.9. The average Bonchev–Trinajstić information content (AvgIpc) is 3.34. The number of anilines is 1. The van der Waals surface area contributed by atoms with Crippen LogP contribution in [0.15, 0.2) is 42.5 Å². The average molecular weight is 508 g/mol. The van der Waals surface area contributed by atoms with Crippen LogP contribution in [-0.2, 0) is 20.9 Å². The van der Waals surface area contributed by atoms with E-state index in [1.807, 2.05) is 37.3 Å². The Balaban J connectivity index is 1.12. The molecule has 196 valence electrons. The standard InChI is InChI=1S/C27H33N5O5/c1-19-3-2-4-21(13-19)29-25(33)15-22-27(35)28-7-8-32(22)26(34)17-31-11-9-30(10-12-31)16-20-5-6-23-24(14-20)37-18-36-23/h2-6,13-14,22H,7-12,15-18H2,1H3,(H,28,35)(H,29,33). The highest BCUT2D eigenvalue weighted by Gasteiger charge is 2.35. The van der Waals surface area contributed by atoms with Crippen molar-refractivity contribution in [2.75, 3.05) is 57.9 Å². The van der Waals surface area contributed by atoms with Gasteiger partial charge in [0.1, 0.15) is 6.04 Å². The van der Waals surface area contributed by atoms with Crippen LogP contribution < -0.4 is 20.1 Å². The van der Waals surface area contributed by atoms with E-state index in [-0.39, 0.29) is 37.5 Å². The fourth-order valence-corrected chi connectivity index (χ4v) is 5.01. The summed E-state index contributed by atoms with van der Waals surface area (Å²) in [6, 6.07) is 12.7. The minimum Gasteiger partial charge on any atom is -0.454 e. The van der Waals surface area contributed by atoms with Gasteiger partial charge in [0.05, 0.1) is 13.0 Å². The molecule has 0 aromatic heterocycles. The summed E-state index contributed by atoms with van der Waals surface area (Å²) in [7, 11) is 0. The van der Waals surface area contributed by atoms with Crippen LogP contribution in [0, 0.1) is 6.92 Å². The third kappa shape index (κ3) is 6.20. The number of hydrogen-bond donors (Lipinski definition) is 2. The van der Waals surface area contributed by atoms with E-state index in [2.05, 4.69) is 26.5 Å². The molecule has 37 heavy (non-hydrogen) atoms. The maximum atomic E-state index is 13.2. The van der Waals surface area contributed by atoms with Crippen molar-refractivity contribution < 1.29 is 23.9 Å². The van der Waals surface area contributed by atoms with E-state index < -0.39 is 6.04 Å². The summed E-state index contributed by atoms with van der Waals surface area (Å²) < 4.78 is 10.9. The molecule has 0 spiro atoms. The summed E-state index contributed by atoms with van der Waals surface area (Å²) in [5.41, 5.74) is 2.87. The molecule has 1 atom stereocenters. The van der Waals surface area contributed by atoms with Crippen molar-refractivity contribution in [3.63, 3.8) is 0 Å². The summed E-state index contributed by atoms with van der Waals surface area (Å²) in [5.74, 6) is 0.876. The number of amides is 3. The second-order valence-electron chi connectivity index (χ2n) is 9.76. The Bertz CT molecular complexity index is 1160. The minimum absolute atomic E-state index is 0.0746. The maximum absolute atomic E-state index is 13.2. The fraction of sp³-hybridized carbons (Fsp3) is 0.444. The van der Waals surface area contributed by atoms with E-state index >= 15 is 0 Å². The van der Waals surface area contributed by atoms with Crippen LogP contribution >= 0.6 is 0 Å². The molecule has 10 heteroatoms. The monoisotopic (exact) mass is 507 g/mol. The Morgan fingerprint density at radius 1 is 1.00 bits per heavy atom. The number of fused-ring (bicyclic) bond motifs is 1. The van der Waals surface area contributed by atoms with Gasteiger partial charge >= 0.3 is 0 Å². The number of benzene rings is 2. The Morgan fingerprint density at radius 2 is 1.78 bits per heavy atom. The van der Waals surface area contributed by atoms with Gasteiger partial charge in [0.25, 0.3) is 0 Å². The zero-order valence-electron chi connectivity index (χ0n) is 21.1. The summed E-state index contributed by atoms with van der Waals surface area (Å²) in [6.45, 7) is 7.24. The predicted octanol–water partition coefficient (Wildman–Crippen LogP) is 1.20. The quantitative estimate of drug-likeness (QED) is 0.581. The molecule has 2 aromatic carbocycles. The molecule has 0 saturated carbocycles. The largest absolute Gasteiger partial charge is 0.454 e. The smallest absolute Gasteiger partial charge is 0.243 e. The van der Waals surface area contributed by atoms with Gasteiger partial charge in [0.15, 0.2) is 11.5 Å². The van der Waals surface area contributed by atoms with Crippen LogP contribution in [0.5, 0.6) is 11.5 Å². The maximum Gasteiger partial charge on any atom is 0.243 e. The van der Waals surface area contributed by atoms with Crippen LogP contribution in [-0.4, -0.2) is 91.1 Å². The second-order valence-corrected chi connectivity index (χ2v) is 9.76. The van der Waals surface area contributed by atoms with Gasteiger partial charge in [-0.2, -0.15) is 0 Å². The number of ether oxygens (including phenoxy) is 2. The lowest BCUT2D eigenvalue weighted by Crippen LogP contribution is -2.60. The second kappa shape index (κ2) is 11.2. The van der Waals surface area contributed by atoms with Crippen LogP contribution in [0.25, 0.3) is 0 Å². The van der Waals surface area contributed by atoms with E-state index in [1.165, 1.54) is 5.56 Å². The first-order valence-electron chi connectivity index (χ1n) is 12.7. The predicted molar refractivity (Wildman–Crippen MR) is 137 cm³/mol. The Kier molecular flexibility index (Phi) is 7.57. The molecule has 1 unspecified atom stereocenters. The number of piperazine rings is 2. The van der Waals surface area contributed by atoms with E-state index in [0.29, 0.717) is 18.8 Å². The normalized spacial score (nSPS) is 20.0. The highest BCUT2D eigenvalue weighted by molar-refractivity contribution is 5.97. The third-order valence-corrected chi connectivity index (χ3v) is 7.00. The molecule has 3 aliphatic heterocycles. The van der Waals surface area contributed by atoms with Gasteiger partial charge in [-0.3, -0.25) is 24.2 Å². The zero-order valence-corrected chi connectivity index (χ0v) is 21.1. The first kappa shape index (κ1) is 25.0. The lowest BCUT2D eigenvalue weighted by Gasteiger charge is -2.38. The number of nitrogens with one attached hydrogen (secondary N) is 2. The van der Waals surface area contributed by atoms with Crippen molar-refractivity contribution in [2.45, 2.75) is 25.9 Å². The summed E-state index contributed by atoms with van der Waals surface area (Å²) in [4.78, 5) is 44.5. The number of nitrogens with zero attached hydrogens (tertiary/aromatic N) is 3.